The second-order valence-corrected chi connectivity index (χ2v) is 8.29. The maximum absolute atomic E-state index is 12.2. The Morgan fingerprint density at radius 1 is 1.30 bits per heavy atom. The fourth-order valence-electron chi connectivity index (χ4n) is 1.69. The van der Waals surface area contributed by atoms with E-state index >= 15 is 0 Å². The molecule has 0 bridgehead atoms. The van der Waals surface area contributed by atoms with Gasteiger partial charge in [0.25, 0.3) is 0 Å². The lowest BCUT2D eigenvalue weighted by molar-refractivity contribution is -0.153. The third-order valence-electron chi connectivity index (χ3n) is 2.73. The zero-order chi connectivity index (χ0) is 15.6. The van der Waals surface area contributed by atoms with Crippen molar-refractivity contribution in [3.63, 3.8) is 0 Å². The van der Waals surface area contributed by atoms with Crippen LogP contribution in [0.2, 0.25) is 0 Å². The van der Waals surface area contributed by atoms with Crippen molar-refractivity contribution < 1.29 is 17.9 Å². The van der Waals surface area contributed by atoms with Crippen molar-refractivity contribution in [3.8, 4) is 0 Å². The van der Waals surface area contributed by atoms with E-state index in [1.54, 1.807) is 39.0 Å². The quantitative estimate of drug-likeness (QED) is 0.802. The normalized spacial score (nSPS) is 13.8. The molecule has 20 heavy (non-hydrogen) atoms. The summed E-state index contributed by atoms with van der Waals surface area (Å²) < 4.78 is 29.6. The van der Waals surface area contributed by atoms with E-state index in [2.05, 4.69) is 0 Å². The maximum atomic E-state index is 12.2. The fourth-order valence-corrected chi connectivity index (χ4v) is 2.93. The van der Waals surface area contributed by atoms with Gasteiger partial charge in [-0.25, -0.2) is 8.42 Å². The molecule has 4 nitrogen and oxygen atoms in total. The summed E-state index contributed by atoms with van der Waals surface area (Å²) in [7, 11) is -3.58. The average Bonchev–Trinajstić information content (AvgIpc) is 2.24. The second kappa shape index (κ2) is 5.95. The van der Waals surface area contributed by atoms with Gasteiger partial charge in [0.2, 0.25) is 0 Å². The molecule has 0 radical (unpaired) electrons. The van der Waals surface area contributed by atoms with Crippen LogP contribution >= 0.6 is 0 Å². The molecule has 0 aliphatic rings. The van der Waals surface area contributed by atoms with E-state index in [4.69, 9.17) is 4.74 Å². The van der Waals surface area contributed by atoms with Crippen LogP contribution in [0, 0.1) is 6.92 Å². The van der Waals surface area contributed by atoms with Gasteiger partial charge >= 0.3 is 5.97 Å². The number of ether oxygens (including phenoxy) is 1. The van der Waals surface area contributed by atoms with Gasteiger partial charge in [0.05, 0.1) is 5.75 Å². The standard InChI is InChI=1S/C15H22O4S/c1-11-7-6-8-13(9-11)10-20(17,18)12(2)14(16)19-15(3,4)5/h6-9,12H,10H2,1-5H3. The van der Waals surface area contributed by atoms with Gasteiger partial charge in [-0.05, 0) is 40.2 Å². The minimum absolute atomic E-state index is 0.158. The summed E-state index contributed by atoms with van der Waals surface area (Å²) in [6.45, 7) is 8.41. The van der Waals surface area contributed by atoms with Crippen LogP contribution in [0.25, 0.3) is 0 Å². The first-order valence-electron chi connectivity index (χ1n) is 6.51. The van der Waals surface area contributed by atoms with Crippen LogP contribution < -0.4 is 0 Å². The zero-order valence-corrected chi connectivity index (χ0v) is 13.5. The van der Waals surface area contributed by atoms with Crippen LogP contribution in [-0.4, -0.2) is 25.2 Å². The number of hydrogen-bond acceptors (Lipinski definition) is 4. The molecular weight excluding hydrogens is 276 g/mol. The summed E-state index contributed by atoms with van der Waals surface area (Å²) in [6, 6.07) is 7.25. The summed E-state index contributed by atoms with van der Waals surface area (Å²) in [6.07, 6.45) is 0. The van der Waals surface area contributed by atoms with Crippen molar-refractivity contribution in [1.82, 2.24) is 0 Å². The molecule has 1 unspecified atom stereocenters. The highest BCUT2D eigenvalue weighted by molar-refractivity contribution is 7.92. The molecule has 1 rings (SSSR count). The molecule has 1 atom stereocenters. The lowest BCUT2D eigenvalue weighted by Gasteiger charge is -2.22. The van der Waals surface area contributed by atoms with Gasteiger partial charge in [-0.15, -0.1) is 0 Å². The summed E-state index contributed by atoms with van der Waals surface area (Å²) >= 11 is 0. The van der Waals surface area contributed by atoms with Crippen molar-refractivity contribution in [2.45, 2.75) is 51.2 Å². The Bertz CT molecular complexity index is 582. The Labute approximate surface area is 121 Å². The number of benzene rings is 1. The first-order chi connectivity index (χ1) is 9.01. The molecule has 0 spiro atoms. The van der Waals surface area contributed by atoms with Gasteiger partial charge in [-0.3, -0.25) is 4.79 Å². The smallest absolute Gasteiger partial charge is 0.324 e. The first kappa shape index (κ1) is 16.7. The van der Waals surface area contributed by atoms with Crippen LogP contribution in [0.4, 0.5) is 0 Å². The van der Waals surface area contributed by atoms with Gasteiger partial charge in [0, 0.05) is 0 Å². The van der Waals surface area contributed by atoms with Crippen LogP contribution in [0.1, 0.15) is 38.8 Å². The monoisotopic (exact) mass is 298 g/mol. The Kier molecular flexibility index (Phi) is 4.97. The molecule has 0 N–H and O–H groups in total. The van der Waals surface area contributed by atoms with E-state index in [1.807, 2.05) is 13.0 Å². The zero-order valence-electron chi connectivity index (χ0n) is 12.6. The molecule has 5 heteroatoms. The molecule has 112 valence electrons. The number of hydrogen-bond donors (Lipinski definition) is 0. The number of carbonyl (C=O) groups is 1. The second-order valence-electron chi connectivity index (χ2n) is 5.97. The predicted octanol–water partition coefficient (Wildman–Crippen LogP) is 2.64. The highest BCUT2D eigenvalue weighted by Gasteiger charge is 2.32. The molecule has 0 fully saturated rings. The summed E-state index contributed by atoms with van der Waals surface area (Å²) in [4.78, 5) is 11.9. The summed E-state index contributed by atoms with van der Waals surface area (Å²) in [5.74, 6) is -0.861. The van der Waals surface area contributed by atoms with E-state index in [9.17, 15) is 13.2 Å². The fraction of sp³-hybridized carbons (Fsp3) is 0.533. The minimum atomic E-state index is -3.58. The Morgan fingerprint density at radius 2 is 1.90 bits per heavy atom. The van der Waals surface area contributed by atoms with Crippen molar-refractivity contribution in [2.24, 2.45) is 0 Å². The Hall–Kier alpha value is -1.36. The van der Waals surface area contributed by atoms with Gasteiger partial charge < -0.3 is 4.74 Å². The predicted molar refractivity (Wildman–Crippen MR) is 79.1 cm³/mol. The molecule has 0 saturated heterocycles. The molecule has 0 heterocycles. The number of esters is 1. The highest BCUT2D eigenvalue weighted by Crippen LogP contribution is 2.16. The third kappa shape index (κ3) is 4.96. The average molecular weight is 298 g/mol. The largest absolute Gasteiger partial charge is 0.459 e. The van der Waals surface area contributed by atoms with Crippen LogP contribution in [0.15, 0.2) is 24.3 Å². The van der Waals surface area contributed by atoms with E-state index in [0.717, 1.165) is 5.56 Å². The van der Waals surface area contributed by atoms with Gasteiger partial charge in [0.1, 0.15) is 5.60 Å². The van der Waals surface area contributed by atoms with Crippen LogP contribution in [0.3, 0.4) is 0 Å². The van der Waals surface area contributed by atoms with E-state index < -0.39 is 26.7 Å². The lowest BCUT2D eigenvalue weighted by atomic mass is 10.2. The van der Waals surface area contributed by atoms with Gasteiger partial charge in [0.15, 0.2) is 15.1 Å². The van der Waals surface area contributed by atoms with Crippen molar-refractivity contribution in [2.75, 3.05) is 0 Å². The van der Waals surface area contributed by atoms with Gasteiger partial charge in [-0.2, -0.15) is 0 Å². The highest BCUT2D eigenvalue weighted by atomic mass is 32.2. The summed E-state index contributed by atoms with van der Waals surface area (Å²) in [5.41, 5.74) is 0.979. The molecular formula is C15H22O4S. The third-order valence-corrected chi connectivity index (χ3v) is 4.73. The van der Waals surface area contributed by atoms with Crippen LogP contribution in [-0.2, 0) is 25.1 Å². The number of sulfone groups is 1. The van der Waals surface area contributed by atoms with Crippen molar-refractivity contribution in [3.05, 3.63) is 35.4 Å². The molecule has 1 aromatic rings. The Balaban J connectivity index is 2.86. The topological polar surface area (TPSA) is 60.4 Å². The van der Waals surface area contributed by atoms with E-state index in [-0.39, 0.29) is 5.75 Å². The number of rotatable bonds is 4. The van der Waals surface area contributed by atoms with Crippen molar-refractivity contribution >= 4 is 15.8 Å². The van der Waals surface area contributed by atoms with E-state index in [0.29, 0.717) is 5.56 Å². The molecule has 0 aliphatic carbocycles. The first-order valence-corrected chi connectivity index (χ1v) is 8.23. The van der Waals surface area contributed by atoms with Crippen LogP contribution in [0.5, 0.6) is 0 Å². The lowest BCUT2D eigenvalue weighted by Crippen LogP contribution is -2.35. The van der Waals surface area contributed by atoms with Gasteiger partial charge in [-0.1, -0.05) is 29.8 Å². The number of aryl methyl sites for hydroxylation is 1. The maximum Gasteiger partial charge on any atom is 0.324 e. The summed E-state index contributed by atoms with van der Waals surface area (Å²) in [5, 5.41) is -1.16. The van der Waals surface area contributed by atoms with E-state index in [1.165, 1.54) is 6.92 Å². The van der Waals surface area contributed by atoms with Crippen molar-refractivity contribution in [1.29, 1.82) is 0 Å². The molecule has 0 aromatic heterocycles. The molecule has 0 amide bonds. The Morgan fingerprint density at radius 3 is 2.40 bits per heavy atom. The molecule has 0 aliphatic heterocycles. The minimum Gasteiger partial charge on any atom is -0.459 e. The SMILES string of the molecule is Cc1cccc(CS(=O)(=O)C(C)C(=O)OC(C)(C)C)c1. The molecule has 0 saturated carbocycles. The number of carbonyl (C=O) groups excluding carboxylic acids is 1. The molecule has 1 aromatic carbocycles.